The minimum absolute atomic E-state index is 0.0845. The molecule has 0 unspecified atom stereocenters. The normalized spacial score (nSPS) is 16.1. The Bertz CT molecular complexity index is 710. The molecule has 1 aromatic carbocycles. The molecule has 0 aliphatic carbocycles. The number of hydrogen-bond donors (Lipinski definition) is 0. The van der Waals surface area contributed by atoms with E-state index in [-0.39, 0.29) is 11.7 Å². The highest BCUT2D eigenvalue weighted by Crippen LogP contribution is 2.17. The Morgan fingerprint density at radius 1 is 1.29 bits per heavy atom. The van der Waals surface area contributed by atoms with Gasteiger partial charge in [0.1, 0.15) is 11.6 Å². The van der Waals surface area contributed by atoms with Crippen LogP contribution in [0.3, 0.4) is 0 Å². The van der Waals surface area contributed by atoms with E-state index >= 15 is 0 Å². The highest BCUT2D eigenvalue weighted by atomic mass is 19.1. The van der Waals surface area contributed by atoms with Crippen LogP contribution in [0.1, 0.15) is 6.92 Å². The molecular formula is C17H21FN4O2. The third-order valence-corrected chi connectivity index (χ3v) is 4.13. The minimum Gasteiger partial charge on any atom is -0.481 e. The van der Waals surface area contributed by atoms with Crippen molar-refractivity contribution in [1.82, 2.24) is 14.5 Å². The molecule has 0 bridgehead atoms. The van der Waals surface area contributed by atoms with E-state index < -0.39 is 6.10 Å². The quantitative estimate of drug-likeness (QED) is 0.855. The summed E-state index contributed by atoms with van der Waals surface area (Å²) in [6, 6.07) is 5.83. The third-order valence-electron chi connectivity index (χ3n) is 4.13. The van der Waals surface area contributed by atoms with Gasteiger partial charge in [-0.2, -0.15) is 0 Å². The van der Waals surface area contributed by atoms with E-state index in [1.165, 1.54) is 12.1 Å². The predicted octanol–water partition coefficient (Wildman–Crippen LogP) is 1.68. The van der Waals surface area contributed by atoms with Crippen LogP contribution in [-0.4, -0.2) is 52.6 Å². The van der Waals surface area contributed by atoms with Crippen molar-refractivity contribution in [3.63, 3.8) is 0 Å². The standard InChI is InChI=1S/C17H21FN4O2/c1-13(24-15-5-3-4-14(18)12-15)16(23)21-8-10-22(11-9-21)17-19-6-7-20(17)2/h3-7,12-13H,8-11H2,1-2H3/t13-/m0/s1. The first-order valence-electron chi connectivity index (χ1n) is 7.98. The number of benzene rings is 1. The molecule has 0 saturated carbocycles. The lowest BCUT2D eigenvalue weighted by Crippen LogP contribution is -2.52. The number of piperazine rings is 1. The van der Waals surface area contributed by atoms with Gasteiger partial charge in [-0.15, -0.1) is 0 Å². The third kappa shape index (κ3) is 3.50. The van der Waals surface area contributed by atoms with E-state index in [4.69, 9.17) is 4.74 Å². The van der Waals surface area contributed by atoms with E-state index in [0.29, 0.717) is 18.8 Å². The van der Waals surface area contributed by atoms with E-state index in [2.05, 4.69) is 9.88 Å². The van der Waals surface area contributed by atoms with Gasteiger partial charge in [-0.1, -0.05) is 6.07 Å². The lowest BCUT2D eigenvalue weighted by atomic mass is 10.2. The molecule has 1 aliphatic heterocycles. The molecule has 0 radical (unpaired) electrons. The van der Waals surface area contributed by atoms with E-state index in [9.17, 15) is 9.18 Å². The number of rotatable bonds is 4. The molecule has 1 fully saturated rings. The maximum absolute atomic E-state index is 13.2. The molecule has 2 heterocycles. The maximum atomic E-state index is 13.2. The Morgan fingerprint density at radius 2 is 2.04 bits per heavy atom. The fraction of sp³-hybridized carbons (Fsp3) is 0.412. The Morgan fingerprint density at radius 3 is 2.67 bits per heavy atom. The van der Waals surface area contributed by atoms with Crippen LogP contribution in [0.4, 0.5) is 10.3 Å². The number of halogens is 1. The van der Waals surface area contributed by atoms with Crippen molar-refractivity contribution in [2.75, 3.05) is 31.1 Å². The van der Waals surface area contributed by atoms with Crippen molar-refractivity contribution in [2.45, 2.75) is 13.0 Å². The number of nitrogens with zero attached hydrogens (tertiary/aromatic N) is 4. The number of anilines is 1. The summed E-state index contributed by atoms with van der Waals surface area (Å²) in [6.07, 6.45) is 3.02. The van der Waals surface area contributed by atoms with E-state index in [1.807, 2.05) is 17.8 Å². The molecular weight excluding hydrogens is 311 g/mol. The zero-order chi connectivity index (χ0) is 17.1. The van der Waals surface area contributed by atoms with Gasteiger partial charge >= 0.3 is 0 Å². The topological polar surface area (TPSA) is 50.6 Å². The Kier molecular flexibility index (Phi) is 4.69. The lowest BCUT2D eigenvalue weighted by molar-refractivity contribution is -0.138. The molecule has 1 aliphatic rings. The first kappa shape index (κ1) is 16.3. The number of imidazole rings is 1. The maximum Gasteiger partial charge on any atom is 0.263 e. The Labute approximate surface area is 140 Å². The van der Waals surface area contributed by atoms with Crippen LogP contribution in [0.15, 0.2) is 36.7 Å². The van der Waals surface area contributed by atoms with Crippen molar-refractivity contribution in [2.24, 2.45) is 7.05 Å². The predicted molar refractivity (Wildman–Crippen MR) is 88.5 cm³/mol. The number of carbonyl (C=O) groups excluding carboxylic acids is 1. The average Bonchev–Trinajstić information content (AvgIpc) is 3.00. The Balaban J connectivity index is 1.55. The summed E-state index contributed by atoms with van der Waals surface area (Å²) in [7, 11) is 1.95. The SMILES string of the molecule is C[C@H](Oc1cccc(F)c1)C(=O)N1CCN(c2nccn2C)CC1. The van der Waals surface area contributed by atoms with Gasteiger partial charge in [-0.3, -0.25) is 4.79 Å². The first-order chi connectivity index (χ1) is 11.5. The molecule has 1 saturated heterocycles. The number of aromatic nitrogens is 2. The molecule has 1 aromatic heterocycles. The smallest absolute Gasteiger partial charge is 0.263 e. The minimum atomic E-state index is -0.647. The average molecular weight is 332 g/mol. The van der Waals surface area contributed by atoms with Crippen LogP contribution in [0.2, 0.25) is 0 Å². The summed E-state index contributed by atoms with van der Waals surface area (Å²) in [6.45, 7) is 4.37. The summed E-state index contributed by atoms with van der Waals surface area (Å²) in [4.78, 5) is 20.8. The summed E-state index contributed by atoms with van der Waals surface area (Å²) in [5.41, 5.74) is 0. The van der Waals surface area contributed by atoms with Crippen LogP contribution in [0.5, 0.6) is 5.75 Å². The molecule has 128 valence electrons. The van der Waals surface area contributed by atoms with Crippen molar-refractivity contribution in [3.05, 3.63) is 42.5 Å². The summed E-state index contributed by atoms with van der Waals surface area (Å²) < 4.78 is 20.7. The van der Waals surface area contributed by atoms with Crippen LogP contribution in [0, 0.1) is 5.82 Å². The van der Waals surface area contributed by atoms with Gasteiger partial charge in [0.2, 0.25) is 5.95 Å². The largest absolute Gasteiger partial charge is 0.481 e. The molecule has 0 spiro atoms. The summed E-state index contributed by atoms with van der Waals surface area (Å²) >= 11 is 0. The second-order valence-corrected chi connectivity index (χ2v) is 5.87. The van der Waals surface area contributed by atoms with Crippen molar-refractivity contribution >= 4 is 11.9 Å². The van der Waals surface area contributed by atoms with Crippen molar-refractivity contribution < 1.29 is 13.9 Å². The summed E-state index contributed by atoms with van der Waals surface area (Å²) in [5, 5.41) is 0. The fourth-order valence-electron chi connectivity index (χ4n) is 2.84. The van der Waals surface area contributed by atoms with Crippen LogP contribution in [0.25, 0.3) is 0 Å². The second-order valence-electron chi connectivity index (χ2n) is 5.87. The molecule has 0 N–H and O–H groups in total. The Hall–Kier alpha value is -2.57. The number of ether oxygens (including phenoxy) is 1. The van der Waals surface area contributed by atoms with Crippen LogP contribution in [-0.2, 0) is 11.8 Å². The fourth-order valence-corrected chi connectivity index (χ4v) is 2.84. The van der Waals surface area contributed by atoms with Gasteiger partial charge in [0.05, 0.1) is 0 Å². The zero-order valence-electron chi connectivity index (χ0n) is 13.9. The van der Waals surface area contributed by atoms with Crippen molar-refractivity contribution in [3.8, 4) is 5.75 Å². The van der Waals surface area contributed by atoms with Gasteiger partial charge < -0.3 is 19.1 Å². The number of hydrogen-bond acceptors (Lipinski definition) is 4. The molecule has 24 heavy (non-hydrogen) atoms. The van der Waals surface area contributed by atoms with Crippen molar-refractivity contribution in [1.29, 1.82) is 0 Å². The van der Waals surface area contributed by atoms with Gasteiger partial charge in [-0.25, -0.2) is 9.37 Å². The van der Waals surface area contributed by atoms with Crippen LogP contribution >= 0.6 is 0 Å². The van der Waals surface area contributed by atoms with E-state index in [0.717, 1.165) is 19.0 Å². The van der Waals surface area contributed by atoms with Gasteiger partial charge in [-0.05, 0) is 19.1 Å². The summed E-state index contributed by atoms with van der Waals surface area (Å²) in [5.74, 6) is 0.809. The zero-order valence-corrected chi connectivity index (χ0v) is 13.9. The highest BCUT2D eigenvalue weighted by molar-refractivity contribution is 5.81. The molecule has 2 aromatic rings. The monoisotopic (exact) mass is 332 g/mol. The molecule has 6 nitrogen and oxygen atoms in total. The number of aryl methyl sites for hydroxylation is 1. The lowest BCUT2D eigenvalue weighted by Gasteiger charge is -2.36. The van der Waals surface area contributed by atoms with E-state index in [1.54, 1.807) is 30.2 Å². The number of carbonyl (C=O) groups is 1. The van der Waals surface area contributed by atoms with Crippen LogP contribution < -0.4 is 9.64 Å². The molecule has 7 heteroatoms. The van der Waals surface area contributed by atoms with Gasteiger partial charge in [0, 0.05) is 51.7 Å². The molecule has 1 atom stereocenters. The van der Waals surface area contributed by atoms with Gasteiger partial charge in [0.25, 0.3) is 5.91 Å². The molecule has 3 rings (SSSR count). The van der Waals surface area contributed by atoms with Gasteiger partial charge in [0.15, 0.2) is 6.10 Å². The number of amides is 1. The first-order valence-corrected chi connectivity index (χ1v) is 7.98. The second kappa shape index (κ2) is 6.90. The molecule has 1 amide bonds. The highest BCUT2D eigenvalue weighted by Gasteiger charge is 2.27.